The molecule has 1 saturated heterocycles. The minimum atomic E-state index is -1.60. The maximum Gasteiger partial charge on any atom is 0.249 e. The van der Waals surface area contributed by atoms with E-state index in [2.05, 4.69) is 43.5 Å². The molecule has 1 heterocycles. The van der Waals surface area contributed by atoms with Crippen molar-refractivity contribution in [2.45, 2.75) is 249 Å². The summed E-state index contributed by atoms with van der Waals surface area (Å²) in [5.74, 6) is -0.588. The quantitative estimate of drug-likeness (QED) is 0.0239. The maximum atomic E-state index is 13.0. The van der Waals surface area contributed by atoms with Crippen LogP contribution in [0.3, 0.4) is 0 Å². The molecule has 1 aliphatic rings. The van der Waals surface area contributed by atoms with Crippen LogP contribution in [0.5, 0.6) is 0 Å². The summed E-state index contributed by atoms with van der Waals surface area (Å²) in [7, 11) is 0. The number of amides is 1. The molecule has 0 saturated carbocycles. The van der Waals surface area contributed by atoms with Crippen molar-refractivity contribution in [3.05, 3.63) is 24.3 Å². The summed E-state index contributed by atoms with van der Waals surface area (Å²) >= 11 is 0. The Labute approximate surface area is 341 Å². The van der Waals surface area contributed by atoms with Gasteiger partial charge in [0.15, 0.2) is 6.29 Å². The zero-order valence-corrected chi connectivity index (χ0v) is 35.8. The summed E-state index contributed by atoms with van der Waals surface area (Å²) < 4.78 is 11.2. The molecule has 1 aliphatic heterocycles. The average Bonchev–Trinajstić information content (AvgIpc) is 3.20. The number of ether oxygens (including phenoxy) is 2. The predicted molar refractivity (Wildman–Crippen MR) is 227 cm³/mol. The Hall–Kier alpha value is -1.37. The van der Waals surface area contributed by atoms with E-state index in [9.17, 15) is 35.4 Å². The van der Waals surface area contributed by atoms with Crippen molar-refractivity contribution in [1.29, 1.82) is 0 Å². The van der Waals surface area contributed by atoms with Gasteiger partial charge in [-0.1, -0.05) is 186 Å². The van der Waals surface area contributed by atoms with Gasteiger partial charge in [0.2, 0.25) is 5.91 Å². The van der Waals surface area contributed by atoms with Crippen molar-refractivity contribution < 1.29 is 44.9 Å². The minimum absolute atomic E-state index is 0.256. The van der Waals surface area contributed by atoms with Crippen molar-refractivity contribution in [3.63, 3.8) is 0 Å². The molecule has 0 bridgehead atoms. The number of unbranched alkanes of at least 4 members (excludes halogenated alkanes) is 24. The average molecular weight is 798 g/mol. The molecule has 0 aliphatic carbocycles. The molecule has 330 valence electrons. The van der Waals surface area contributed by atoms with Crippen LogP contribution in [0.15, 0.2) is 24.3 Å². The summed E-state index contributed by atoms with van der Waals surface area (Å²) in [6.07, 6.45) is 32.2. The van der Waals surface area contributed by atoms with Crippen LogP contribution in [-0.2, 0) is 14.3 Å². The van der Waals surface area contributed by atoms with Gasteiger partial charge in [-0.3, -0.25) is 4.79 Å². The van der Waals surface area contributed by atoms with Crippen LogP contribution in [-0.4, -0.2) is 98.7 Å². The first-order chi connectivity index (χ1) is 27.3. The molecule has 56 heavy (non-hydrogen) atoms. The highest BCUT2D eigenvalue weighted by Crippen LogP contribution is 2.23. The third-order valence-corrected chi connectivity index (χ3v) is 11.2. The Bertz CT molecular complexity index is 948. The first-order valence-corrected chi connectivity index (χ1v) is 23.2. The van der Waals surface area contributed by atoms with Crippen molar-refractivity contribution in [3.8, 4) is 0 Å². The Morgan fingerprint density at radius 3 is 1.54 bits per heavy atom. The Balaban J connectivity index is 2.38. The van der Waals surface area contributed by atoms with Gasteiger partial charge < -0.3 is 45.4 Å². The van der Waals surface area contributed by atoms with Crippen LogP contribution >= 0.6 is 0 Å². The number of hydrogen-bond donors (Lipinski definition) is 7. The second-order valence-electron chi connectivity index (χ2n) is 16.4. The molecule has 0 radical (unpaired) electrons. The van der Waals surface area contributed by atoms with Crippen LogP contribution in [0.1, 0.15) is 200 Å². The fourth-order valence-corrected chi connectivity index (χ4v) is 7.33. The molecular weight excluding hydrogens is 711 g/mol. The Morgan fingerprint density at radius 1 is 0.607 bits per heavy atom. The van der Waals surface area contributed by atoms with E-state index in [1.165, 1.54) is 116 Å². The molecule has 10 nitrogen and oxygen atoms in total. The van der Waals surface area contributed by atoms with E-state index in [0.29, 0.717) is 12.8 Å². The second-order valence-corrected chi connectivity index (χ2v) is 16.4. The van der Waals surface area contributed by atoms with E-state index in [4.69, 9.17) is 9.47 Å². The van der Waals surface area contributed by atoms with E-state index in [-0.39, 0.29) is 6.61 Å². The lowest BCUT2D eigenvalue weighted by molar-refractivity contribution is -0.302. The number of aliphatic hydroxyl groups is 6. The molecule has 1 rings (SSSR count). The lowest BCUT2D eigenvalue weighted by atomic mass is 9.99. The number of allylic oxidation sites excluding steroid dienone is 4. The van der Waals surface area contributed by atoms with Crippen molar-refractivity contribution in [2.75, 3.05) is 13.2 Å². The smallest absolute Gasteiger partial charge is 0.249 e. The predicted octanol–water partition coefficient (Wildman–Crippen LogP) is 8.47. The molecular formula is C46H87NO9. The van der Waals surface area contributed by atoms with Gasteiger partial charge in [0.1, 0.15) is 30.5 Å². The number of carbonyl (C=O) groups is 1. The van der Waals surface area contributed by atoms with Crippen LogP contribution in [0.2, 0.25) is 0 Å². The Kier molecular flexibility index (Phi) is 34.5. The normalized spacial score (nSPS) is 21.9. The summed E-state index contributed by atoms with van der Waals surface area (Å²) in [5.41, 5.74) is 0. The lowest BCUT2D eigenvalue weighted by Crippen LogP contribution is -2.60. The third-order valence-electron chi connectivity index (χ3n) is 11.2. The monoisotopic (exact) mass is 798 g/mol. The van der Waals surface area contributed by atoms with E-state index in [0.717, 1.165) is 57.8 Å². The van der Waals surface area contributed by atoms with Crippen LogP contribution in [0.25, 0.3) is 0 Å². The van der Waals surface area contributed by atoms with Crippen LogP contribution < -0.4 is 5.32 Å². The topological polar surface area (TPSA) is 169 Å². The lowest BCUT2D eigenvalue weighted by Gasteiger charge is -2.40. The number of carbonyl (C=O) groups excluding carboxylic acids is 1. The fraction of sp³-hybridized carbons (Fsp3) is 0.891. The fourth-order valence-electron chi connectivity index (χ4n) is 7.33. The van der Waals surface area contributed by atoms with Gasteiger partial charge in [0, 0.05) is 0 Å². The molecule has 7 N–H and O–H groups in total. The minimum Gasteiger partial charge on any atom is -0.394 e. The first kappa shape index (κ1) is 52.6. The standard InChI is InChI=1S/C46H87NO9/c1-3-5-7-9-11-13-15-17-18-19-20-21-23-25-27-29-31-33-35-40(50)45(54)47-38(37-55-46-44(53)43(52)42(51)41(36-48)56-46)39(49)34-32-30-28-26-24-22-16-14-12-10-8-6-4-2/h11,13,15,17,38-44,46,48-53H,3-10,12,14,16,18-37H2,1-2H3,(H,47,54)/b13-11-,17-15-. The first-order valence-electron chi connectivity index (χ1n) is 23.2. The maximum absolute atomic E-state index is 13.0. The molecule has 1 amide bonds. The van der Waals surface area contributed by atoms with Gasteiger partial charge in [-0.05, 0) is 38.5 Å². The number of aliphatic hydroxyl groups excluding tert-OH is 6. The van der Waals surface area contributed by atoms with Crippen molar-refractivity contribution in [1.82, 2.24) is 5.32 Å². The highest BCUT2D eigenvalue weighted by molar-refractivity contribution is 5.80. The van der Waals surface area contributed by atoms with Crippen molar-refractivity contribution in [2.24, 2.45) is 0 Å². The number of rotatable bonds is 38. The van der Waals surface area contributed by atoms with Crippen LogP contribution in [0.4, 0.5) is 0 Å². The van der Waals surface area contributed by atoms with E-state index in [1.54, 1.807) is 0 Å². The second kappa shape index (κ2) is 36.7. The zero-order valence-electron chi connectivity index (χ0n) is 35.8. The van der Waals surface area contributed by atoms with Gasteiger partial charge in [0.25, 0.3) is 0 Å². The number of hydrogen-bond acceptors (Lipinski definition) is 9. The van der Waals surface area contributed by atoms with E-state index >= 15 is 0 Å². The van der Waals surface area contributed by atoms with Crippen LogP contribution in [0, 0.1) is 0 Å². The molecule has 0 aromatic rings. The van der Waals surface area contributed by atoms with Gasteiger partial charge >= 0.3 is 0 Å². The summed E-state index contributed by atoms with van der Waals surface area (Å²) in [4.78, 5) is 13.0. The Morgan fingerprint density at radius 2 is 1.04 bits per heavy atom. The molecule has 0 aromatic carbocycles. The molecule has 0 aromatic heterocycles. The summed E-state index contributed by atoms with van der Waals surface area (Å²) in [6.45, 7) is 3.63. The SMILES string of the molecule is CCCCC/C=C\C=C/CCCCCCCCCCCC(O)C(=O)NC(COC1OC(CO)C(O)C(O)C1O)C(O)CCCCCCCCCCCCCCC. The molecule has 8 atom stereocenters. The van der Waals surface area contributed by atoms with E-state index < -0.39 is 61.5 Å². The van der Waals surface area contributed by atoms with Gasteiger partial charge in [-0.2, -0.15) is 0 Å². The molecule has 10 heteroatoms. The third kappa shape index (κ3) is 26.6. The van der Waals surface area contributed by atoms with Gasteiger partial charge in [-0.25, -0.2) is 0 Å². The molecule has 8 unspecified atom stereocenters. The molecule has 1 fully saturated rings. The molecule has 0 spiro atoms. The van der Waals surface area contributed by atoms with Gasteiger partial charge in [0.05, 0.1) is 25.4 Å². The highest BCUT2D eigenvalue weighted by atomic mass is 16.7. The van der Waals surface area contributed by atoms with E-state index in [1.807, 2.05) is 0 Å². The number of nitrogens with one attached hydrogen (secondary N) is 1. The highest BCUT2D eigenvalue weighted by Gasteiger charge is 2.44. The largest absolute Gasteiger partial charge is 0.394 e. The zero-order chi connectivity index (χ0) is 41.1. The van der Waals surface area contributed by atoms with Gasteiger partial charge in [-0.15, -0.1) is 0 Å². The summed E-state index contributed by atoms with van der Waals surface area (Å²) in [6, 6.07) is -0.893. The summed E-state index contributed by atoms with van der Waals surface area (Å²) in [5, 5.41) is 64.8. The van der Waals surface area contributed by atoms with Crippen molar-refractivity contribution >= 4 is 5.91 Å².